The van der Waals surface area contributed by atoms with Crippen LogP contribution in [0.25, 0.3) is 0 Å². The van der Waals surface area contributed by atoms with Gasteiger partial charge >= 0.3 is 6.03 Å². The molecule has 3 aliphatic rings. The van der Waals surface area contributed by atoms with Crippen molar-refractivity contribution < 1.29 is 13.6 Å². The third-order valence-electron chi connectivity index (χ3n) is 6.71. The van der Waals surface area contributed by atoms with Crippen LogP contribution < -0.4 is 10.2 Å². The number of anilines is 1. The average Bonchev–Trinajstić information content (AvgIpc) is 2.74. The molecule has 2 aliphatic heterocycles. The summed E-state index contributed by atoms with van der Waals surface area (Å²) in [6, 6.07) is 4.53. The Kier molecular flexibility index (Phi) is 6.53. The van der Waals surface area contributed by atoms with Crippen molar-refractivity contribution >= 4 is 11.7 Å². The molecule has 0 bridgehead atoms. The Labute approximate surface area is 172 Å². The first kappa shape index (κ1) is 20.4. The molecule has 1 N–H and O–H groups in total. The average molecular weight is 407 g/mol. The topological polar surface area (TPSA) is 38.8 Å². The van der Waals surface area contributed by atoms with E-state index in [0.717, 1.165) is 18.9 Å². The zero-order valence-corrected chi connectivity index (χ0v) is 17.1. The quantitative estimate of drug-likeness (QED) is 0.834. The van der Waals surface area contributed by atoms with Crippen LogP contribution in [-0.2, 0) is 0 Å². The van der Waals surface area contributed by atoms with Gasteiger partial charge in [0.25, 0.3) is 0 Å². The fraction of sp³-hybridized carbons (Fsp3) is 0.682. The molecule has 3 fully saturated rings. The highest BCUT2D eigenvalue weighted by molar-refractivity contribution is 5.75. The van der Waals surface area contributed by atoms with Crippen LogP contribution in [0.5, 0.6) is 0 Å². The molecule has 1 saturated carbocycles. The smallest absolute Gasteiger partial charge is 0.317 e. The van der Waals surface area contributed by atoms with Crippen molar-refractivity contribution in [2.24, 2.45) is 0 Å². The minimum absolute atomic E-state index is 0.00325. The van der Waals surface area contributed by atoms with Crippen LogP contribution in [0, 0.1) is 11.6 Å². The van der Waals surface area contributed by atoms with Crippen molar-refractivity contribution in [3.05, 3.63) is 29.8 Å². The summed E-state index contributed by atoms with van der Waals surface area (Å²) in [5.74, 6) is -1.14. The highest BCUT2D eigenvalue weighted by atomic mass is 19.1. The highest BCUT2D eigenvalue weighted by Crippen LogP contribution is 2.26. The van der Waals surface area contributed by atoms with Crippen LogP contribution in [0.15, 0.2) is 18.2 Å². The number of nitrogens with zero attached hydrogens (tertiary/aromatic N) is 3. The van der Waals surface area contributed by atoms with E-state index in [4.69, 9.17) is 0 Å². The molecule has 0 atom stereocenters. The Hall–Kier alpha value is -1.89. The number of hydrogen-bond acceptors (Lipinski definition) is 3. The van der Waals surface area contributed by atoms with Gasteiger partial charge in [0.1, 0.15) is 11.6 Å². The first-order valence-electron chi connectivity index (χ1n) is 11.1. The SMILES string of the molecule is O=C(NC1CCC(N2CCCCC2)CC1)N1CCN(c2cc(F)cc(F)c2)CC1. The Morgan fingerprint density at radius 3 is 2.07 bits per heavy atom. The third kappa shape index (κ3) is 5.18. The number of piperazine rings is 1. The molecule has 7 heteroatoms. The lowest BCUT2D eigenvalue weighted by atomic mass is 9.89. The Morgan fingerprint density at radius 1 is 0.828 bits per heavy atom. The number of hydrogen-bond donors (Lipinski definition) is 1. The number of carbonyl (C=O) groups is 1. The minimum atomic E-state index is -0.569. The van der Waals surface area contributed by atoms with Crippen molar-refractivity contribution in [2.45, 2.75) is 57.0 Å². The number of amides is 2. The number of benzene rings is 1. The van der Waals surface area contributed by atoms with E-state index in [1.165, 1.54) is 57.3 Å². The van der Waals surface area contributed by atoms with E-state index in [2.05, 4.69) is 10.2 Å². The normalized spacial score (nSPS) is 26.4. The maximum Gasteiger partial charge on any atom is 0.317 e. The number of piperidine rings is 1. The van der Waals surface area contributed by atoms with E-state index >= 15 is 0 Å². The largest absolute Gasteiger partial charge is 0.368 e. The van der Waals surface area contributed by atoms with Gasteiger partial charge in [0, 0.05) is 50.0 Å². The van der Waals surface area contributed by atoms with Gasteiger partial charge in [0.15, 0.2) is 0 Å². The lowest BCUT2D eigenvalue weighted by Gasteiger charge is -2.40. The molecule has 0 unspecified atom stereocenters. The van der Waals surface area contributed by atoms with Crippen molar-refractivity contribution in [1.82, 2.24) is 15.1 Å². The van der Waals surface area contributed by atoms with Crippen molar-refractivity contribution in [3.63, 3.8) is 0 Å². The highest BCUT2D eigenvalue weighted by Gasteiger charge is 2.29. The summed E-state index contributed by atoms with van der Waals surface area (Å²) in [6.07, 6.45) is 8.46. The third-order valence-corrected chi connectivity index (χ3v) is 6.71. The fourth-order valence-corrected chi connectivity index (χ4v) is 5.02. The lowest BCUT2D eigenvalue weighted by molar-refractivity contribution is 0.119. The van der Waals surface area contributed by atoms with E-state index in [1.54, 1.807) is 0 Å². The molecule has 1 aromatic rings. The molecule has 2 heterocycles. The Bertz CT molecular complexity index is 674. The van der Waals surface area contributed by atoms with Gasteiger partial charge < -0.3 is 20.0 Å². The molecular formula is C22H32F2N4O. The van der Waals surface area contributed by atoms with Gasteiger partial charge in [-0.05, 0) is 63.7 Å². The minimum Gasteiger partial charge on any atom is -0.368 e. The number of likely N-dealkylation sites (tertiary alicyclic amines) is 1. The molecule has 29 heavy (non-hydrogen) atoms. The van der Waals surface area contributed by atoms with Crippen LogP contribution in [0.4, 0.5) is 19.3 Å². The van der Waals surface area contributed by atoms with Gasteiger partial charge in [-0.3, -0.25) is 0 Å². The Morgan fingerprint density at radius 2 is 1.45 bits per heavy atom. The molecule has 0 aromatic heterocycles. The standard InChI is InChI=1S/C22H32F2N4O/c23-17-14-18(24)16-21(15-17)27-10-12-28(13-11-27)22(29)25-19-4-6-20(7-5-19)26-8-2-1-3-9-26/h14-16,19-20H,1-13H2,(H,25,29). The van der Waals surface area contributed by atoms with Crippen LogP contribution >= 0.6 is 0 Å². The summed E-state index contributed by atoms with van der Waals surface area (Å²) in [5, 5.41) is 3.21. The van der Waals surface area contributed by atoms with Gasteiger partial charge in [-0.2, -0.15) is 0 Å². The summed E-state index contributed by atoms with van der Waals surface area (Å²) < 4.78 is 26.9. The number of rotatable bonds is 3. The van der Waals surface area contributed by atoms with Crippen LogP contribution in [0.3, 0.4) is 0 Å². The second kappa shape index (κ2) is 9.28. The molecule has 0 spiro atoms. The molecule has 4 rings (SSSR count). The number of halogens is 2. The molecule has 1 aromatic carbocycles. The lowest BCUT2D eigenvalue weighted by Crippen LogP contribution is -2.54. The molecule has 160 valence electrons. The number of nitrogens with one attached hydrogen (secondary N) is 1. The molecular weight excluding hydrogens is 374 g/mol. The number of carbonyl (C=O) groups excluding carboxylic acids is 1. The van der Waals surface area contributed by atoms with Crippen LogP contribution in [-0.4, -0.2) is 67.2 Å². The van der Waals surface area contributed by atoms with Gasteiger partial charge in [-0.15, -0.1) is 0 Å². The van der Waals surface area contributed by atoms with Crippen LogP contribution in [0.2, 0.25) is 0 Å². The summed E-state index contributed by atoms with van der Waals surface area (Å²) >= 11 is 0. The van der Waals surface area contributed by atoms with Gasteiger partial charge in [0.2, 0.25) is 0 Å². The van der Waals surface area contributed by atoms with E-state index in [0.29, 0.717) is 37.9 Å². The summed E-state index contributed by atoms with van der Waals surface area (Å²) in [6.45, 7) is 4.76. The monoisotopic (exact) mass is 406 g/mol. The maximum atomic E-state index is 13.5. The van der Waals surface area contributed by atoms with Crippen molar-refractivity contribution in [2.75, 3.05) is 44.2 Å². The molecule has 1 aliphatic carbocycles. The van der Waals surface area contributed by atoms with Crippen LogP contribution in [0.1, 0.15) is 44.9 Å². The summed E-state index contributed by atoms with van der Waals surface area (Å²) in [5.41, 5.74) is 0.540. The Balaban J connectivity index is 1.21. The first-order chi connectivity index (χ1) is 14.1. The maximum absolute atomic E-state index is 13.5. The van der Waals surface area contributed by atoms with E-state index in [1.807, 2.05) is 9.80 Å². The fourth-order valence-electron chi connectivity index (χ4n) is 5.02. The van der Waals surface area contributed by atoms with E-state index in [9.17, 15) is 13.6 Å². The first-order valence-corrected chi connectivity index (χ1v) is 11.1. The van der Waals surface area contributed by atoms with Gasteiger partial charge in [0.05, 0.1) is 0 Å². The number of urea groups is 1. The molecule has 2 amide bonds. The molecule has 2 saturated heterocycles. The summed E-state index contributed by atoms with van der Waals surface area (Å²) in [4.78, 5) is 19.1. The zero-order chi connectivity index (χ0) is 20.2. The molecule has 0 radical (unpaired) electrons. The second-order valence-electron chi connectivity index (χ2n) is 8.65. The van der Waals surface area contributed by atoms with Gasteiger partial charge in [-0.25, -0.2) is 13.6 Å². The predicted molar refractivity (Wildman–Crippen MR) is 110 cm³/mol. The second-order valence-corrected chi connectivity index (χ2v) is 8.65. The zero-order valence-electron chi connectivity index (χ0n) is 17.1. The predicted octanol–water partition coefficient (Wildman–Crippen LogP) is 3.59. The molecule has 5 nitrogen and oxygen atoms in total. The van der Waals surface area contributed by atoms with Gasteiger partial charge in [-0.1, -0.05) is 6.42 Å². The summed E-state index contributed by atoms with van der Waals surface area (Å²) in [7, 11) is 0. The van der Waals surface area contributed by atoms with E-state index in [-0.39, 0.29) is 12.1 Å². The van der Waals surface area contributed by atoms with E-state index < -0.39 is 11.6 Å². The van der Waals surface area contributed by atoms with Crippen molar-refractivity contribution in [1.29, 1.82) is 0 Å². The van der Waals surface area contributed by atoms with Crippen molar-refractivity contribution in [3.8, 4) is 0 Å².